The summed E-state index contributed by atoms with van der Waals surface area (Å²) in [7, 11) is 1.28. The maximum atomic E-state index is 13.1. The summed E-state index contributed by atoms with van der Waals surface area (Å²) < 4.78 is 10.5. The van der Waals surface area contributed by atoms with Crippen molar-refractivity contribution >= 4 is 29.7 Å². The highest BCUT2D eigenvalue weighted by Gasteiger charge is 2.39. The number of carbonyl (C=O) groups excluding carboxylic acids is 2. The molecule has 0 aliphatic heterocycles. The van der Waals surface area contributed by atoms with Crippen molar-refractivity contribution in [2.75, 3.05) is 7.11 Å². The molecule has 0 bridgehead atoms. The quantitative estimate of drug-likeness (QED) is 0.221. The molecular weight excluding hydrogens is 468 g/mol. The van der Waals surface area contributed by atoms with E-state index in [4.69, 9.17) is 20.8 Å². The molecule has 3 aromatic carbocycles. The average molecular weight is 489 g/mol. The third kappa shape index (κ3) is 5.01. The minimum Gasteiger partial charge on any atom is -0.465 e. The standard InChI is InChI=1S/C27H21ClN2O5/c1-34-25(31)22-16-18(12-14-23(22)28)24-15-13-21(35-24)17-29-30-26(32)27(33,19-8-4-2-5-9-19)20-10-6-3-7-11-20/h2-17,33H,1H3,(H,30,32)/b29-17-. The number of esters is 1. The number of amides is 1. The first-order chi connectivity index (χ1) is 16.9. The van der Waals surface area contributed by atoms with Gasteiger partial charge < -0.3 is 14.3 Å². The van der Waals surface area contributed by atoms with Crippen LogP contribution in [0.4, 0.5) is 0 Å². The second kappa shape index (κ2) is 10.4. The molecule has 8 heteroatoms. The topological polar surface area (TPSA) is 101 Å². The molecule has 176 valence electrons. The maximum absolute atomic E-state index is 13.1. The number of methoxy groups -OCH3 is 1. The number of nitrogens with zero attached hydrogens (tertiary/aromatic N) is 1. The van der Waals surface area contributed by atoms with Crippen molar-refractivity contribution in [1.29, 1.82) is 0 Å². The van der Waals surface area contributed by atoms with E-state index in [0.29, 0.717) is 28.2 Å². The Morgan fingerprint density at radius 3 is 2.20 bits per heavy atom. The fourth-order valence-electron chi connectivity index (χ4n) is 3.55. The zero-order valence-corrected chi connectivity index (χ0v) is 19.4. The highest BCUT2D eigenvalue weighted by Crippen LogP contribution is 2.30. The molecule has 7 nitrogen and oxygen atoms in total. The molecule has 0 atom stereocenters. The van der Waals surface area contributed by atoms with Crippen LogP contribution in [0.3, 0.4) is 0 Å². The Balaban J connectivity index is 1.54. The van der Waals surface area contributed by atoms with Crippen molar-refractivity contribution in [3.63, 3.8) is 0 Å². The number of carbonyl (C=O) groups is 2. The van der Waals surface area contributed by atoms with E-state index in [2.05, 4.69) is 10.5 Å². The van der Waals surface area contributed by atoms with Crippen molar-refractivity contribution < 1.29 is 23.8 Å². The fraction of sp³-hybridized carbons (Fsp3) is 0.0741. The molecule has 0 unspecified atom stereocenters. The normalized spacial score (nSPS) is 11.4. The van der Waals surface area contributed by atoms with E-state index in [0.717, 1.165) is 0 Å². The van der Waals surface area contributed by atoms with E-state index >= 15 is 0 Å². The van der Waals surface area contributed by atoms with Crippen LogP contribution in [0.2, 0.25) is 5.02 Å². The molecule has 1 aromatic heterocycles. The van der Waals surface area contributed by atoms with E-state index in [1.807, 2.05) is 0 Å². The molecule has 0 fully saturated rings. The molecule has 0 spiro atoms. The molecule has 0 radical (unpaired) electrons. The first kappa shape index (κ1) is 23.9. The molecule has 35 heavy (non-hydrogen) atoms. The number of hydrogen-bond donors (Lipinski definition) is 2. The van der Waals surface area contributed by atoms with Gasteiger partial charge in [-0.2, -0.15) is 5.10 Å². The van der Waals surface area contributed by atoms with Crippen LogP contribution in [0.15, 0.2) is 101 Å². The van der Waals surface area contributed by atoms with Gasteiger partial charge in [-0.25, -0.2) is 10.2 Å². The van der Waals surface area contributed by atoms with E-state index in [1.165, 1.54) is 13.3 Å². The van der Waals surface area contributed by atoms with Crippen LogP contribution < -0.4 is 5.43 Å². The summed E-state index contributed by atoms with van der Waals surface area (Å²) in [5.41, 5.74) is 2.09. The van der Waals surface area contributed by atoms with Crippen molar-refractivity contribution in [3.8, 4) is 11.3 Å². The van der Waals surface area contributed by atoms with Gasteiger partial charge in [-0.05, 0) is 41.5 Å². The molecule has 4 rings (SSSR count). The second-order valence-electron chi connectivity index (χ2n) is 7.53. The Kier molecular flexibility index (Phi) is 7.10. The summed E-state index contributed by atoms with van der Waals surface area (Å²) in [4.78, 5) is 25.0. The van der Waals surface area contributed by atoms with Crippen molar-refractivity contribution in [1.82, 2.24) is 5.43 Å². The lowest BCUT2D eigenvalue weighted by Gasteiger charge is -2.26. The molecule has 0 saturated carbocycles. The Morgan fingerprint density at radius 1 is 0.971 bits per heavy atom. The van der Waals surface area contributed by atoms with Crippen LogP contribution in [0, 0.1) is 0 Å². The largest absolute Gasteiger partial charge is 0.465 e. The number of rotatable bonds is 7. The summed E-state index contributed by atoms with van der Waals surface area (Å²) in [5, 5.41) is 15.7. The van der Waals surface area contributed by atoms with Crippen molar-refractivity contribution in [3.05, 3.63) is 118 Å². The lowest BCUT2D eigenvalue weighted by Crippen LogP contribution is -2.43. The Bertz CT molecular complexity index is 1330. The lowest BCUT2D eigenvalue weighted by molar-refractivity contribution is -0.136. The highest BCUT2D eigenvalue weighted by molar-refractivity contribution is 6.33. The second-order valence-corrected chi connectivity index (χ2v) is 7.94. The molecular formula is C27H21ClN2O5. The van der Waals surface area contributed by atoms with Gasteiger partial charge in [0.2, 0.25) is 0 Å². The van der Waals surface area contributed by atoms with Gasteiger partial charge >= 0.3 is 5.97 Å². The minimum atomic E-state index is -1.94. The lowest BCUT2D eigenvalue weighted by atomic mass is 9.85. The van der Waals surface area contributed by atoms with Gasteiger partial charge in [0.25, 0.3) is 5.91 Å². The van der Waals surface area contributed by atoms with E-state index in [-0.39, 0.29) is 10.6 Å². The fourth-order valence-corrected chi connectivity index (χ4v) is 3.74. The Hall–Kier alpha value is -4.20. The van der Waals surface area contributed by atoms with E-state index < -0.39 is 17.5 Å². The first-order valence-electron chi connectivity index (χ1n) is 10.6. The zero-order chi connectivity index (χ0) is 24.8. The zero-order valence-electron chi connectivity index (χ0n) is 18.6. The van der Waals surface area contributed by atoms with Crippen molar-refractivity contribution in [2.45, 2.75) is 5.60 Å². The van der Waals surface area contributed by atoms with Gasteiger partial charge in [-0.1, -0.05) is 72.3 Å². The third-order valence-electron chi connectivity index (χ3n) is 5.35. The van der Waals surface area contributed by atoms with Crippen LogP contribution in [0.5, 0.6) is 0 Å². The summed E-state index contributed by atoms with van der Waals surface area (Å²) >= 11 is 6.07. The molecule has 0 aliphatic carbocycles. The molecule has 1 amide bonds. The predicted octanol–water partition coefficient (Wildman–Crippen LogP) is 4.77. The Morgan fingerprint density at radius 2 is 1.60 bits per heavy atom. The number of aliphatic hydroxyl groups is 1. The summed E-state index contributed by atoms with van der Waals surface area (Å²) in [6.07, 6.45) is 1.31. The number of halogens is 1. The monoisotopic (exact) mass is 488 g/mol. The van der Waals surface area contributed by atoms with E-state index in [1.54, 1.807) is 91.0 Å². The smallest absolute Gasteiger partial charge is 0.339 e. The maximum Gasteiger partial charge on any atom is 0.339 e. The molecule has 2 N–H and O–H groups in total. The van der Waals surface area contributed by atoms with E-state index in [9.17, 15) is 14.7 Å². The summed E-state index contributed by atoms with van der Waals surface area (Å²) in [5.74, 6) is -0.474. The summed E-state index contributed by atoms with van der Waals surface area (Å²) in [6.45, 7) is 0. The van der Waals surface area contributed by atoms with Crippen LogP contribution in [-0.4, -0.2) is 30.3 Å². The van der Waals surface area contributed by atoms with Crippen LogP contribution >= 0.6 is 11.6 Å². The van der Waals surface area contributed by atoms with Gasteiger partial charge in [-0.15, -0.1) is 0 Å². The van der Waals surface area contributed by atoms with Gasteiger partial charge in [0.15, 0.2) is 5.60 Å². The van der Waals surface area contributed by atoms with Gasteiger partial charge in [0, 0.05) is 5.56 Å². The summed E-state index contributed by atoms with van der Waals surface area (Å²) in [6, 6.07) is 25.4. The van der Waals surface area contributed by atoms with Crippen molar-refractivity contribution in [2.24, 2.45) is 5.10 Å². The number of benzene rings is 3. The van der Waals surface area contributed by atoms with Gasteiger partial charge in [0.05, 0.1) is 23.9 Å². The van der Waals surface area contributed by atoms with Crippen LogP contribution in [0.1, 0.15) is 27.2 Å². The van der Waals surface area contributed by atoms with Crippen LogP contribution in [0.25, 0.3) is 11.3 Å². The Labute approximate surface area is 206 Å². The van der Waals surface area contributed by atoms with Crippen LogP contribution in [-0.2, 0) is 15.1 Å². The predicted molar refractivity (Wildman–Crippen MR) is 132 cm³/mol. The molecule has 0 saturated heterocycles. The molecule has 1 heterocycles. The first-order valence-corrected chi connectivity index (χ1v) is 11.0. The van der Waals surface area contributed by atoms with Gasteiger partial charge in [-0.3, -0.25) is 4.79 Å². The SMILES string of the molecule is COC(=O)c1cc(-c2ccc(/C=N\NC(=O)C(O)(c3ccccc3)c3ccccc3)o2)ccc1Cl. The molecule has 4 aromatic rings. The number of hydrogen-bond acceptors (Lipinski definition) is 6. The molecule has 0 aliphatic rings. The minimum absolute atomic E-state index is 0.214. The van der Waals surface area contributed by atoms with Gasteiger partial charge in [0.1, 0.15) is 11.5 Å². The number of ether oxygens (including phenoxy) is 1. The third-order valence-corrected chi connectivity index (χ3v) is 5.68. The number of furan rings is 1. The average Bonchev–Trinajstić information content (AvgIpc) is 3.38. The number of nitrogens with one attached hydrogen (secondary N) is 1. The number of hydrazone groups is 1. The highest BCUT2D eigenvalue weighted by atomic mass is 35.5.